The topological polar surface area (TPSA) is 141 Å². The van der Waals surface area contributed by atoms with Crippen molar-refractivity contribution in [2.24, 2.45) is 0 Å². The molecular weight excluding hydrogens is 636 g/mol. The van der Waals surface area contributed by atoms with E-state index in [1.54, 1.807) is 71.7 Å². The lowest BCUT2D eigenvalue weighted by molar-refractivity contribution is 0.00576. The van der Waals surface area contributed by atoms with Gasteiger partial charge in [0.1, 0.15) is 17.2 Å². The lowest BCUT2D eigenvalue weighted by Crippen LogP contribution is -2.39. The average Bonchev–Trinajstić information content (AvgIpc) is 3.16. The minimum Gasteiger partial charge on any atom is -0.497 e. The van der Waals surface area contributed by atoms with Crippen LogP contribution in [0.15, 0.2) is 78.7 Å². The van der Waals surface area contributed by atoms with E-state index in [-0.39, 0.29) is 17.2 Å². The zero-order chi connectivity index (χ0) is 34.4. The van der Waals surface area contributed by atoms with Gasteiger partial charge in [0.2, 0.25) is 5.78 Å². The molecule has 6 aromatic heterocycles. The standard InChI is InChI=1S/C38H28N6O6/c1-46-25-14-19-7-11-40-31-22(17-43-33(29(19)31)34(25)45)38(50-5)27(48-3)16-21-8-12-41-32-23(18-44-36(38)30(21)32)37(49-4)26(47-2)15-20-6-10-39-24-9-13-42-35(37)28(20)24/h6-18H,1-5H3. The van der Waals surface area contributed by atoms with Crippen LogP contribution >= 0.6 is 0 Å². The van der Waals surface area contributed by atoms with E-state index in [9.17, 15) is 4.79 Å². The second-order valence-corrected chi connectivity index (χ2v) is 12.0. The maximum Gasteiger partial charge on any atom is 0.246 e. The number of carbonyl (C=O) groups excluding carboxylic acids is 1. The summed E-state index contributed by atoms with van der Waals surface area (Å²) in [5.74, 6) is 0.822. The predicted octanol–water partition coefficient (Wildman–Crippen LogP) is 5.48. The minimum absolute atomic E-state index is 0.198. The third-order valence-electron chi connectivity index (χ3n) is 9.97. The summed E-state index contributed by atoms with van der Waals surface area (Å²) in [6.07, 6.45) is 15.7. The summed E-state index contributed by atoms with van der Waals surface area (Å²) in [5.41, 5.74) is 4.02. The highest BCUT2D eigenvalue weighted by atomic mass is 16.5. The highest BCUT2D eigenvalue weighted by Crippen LogP contribution is 2.53. The summed E-state index contributed by atoms with van der Waals surface area (Å²) < 4.78 is 30.5. The molecule has 0 aliphatic heterocycles. The smallest absolute Gasteiger partial charge is 0.246 e. The van der Waals surface area contributed by atoms with Gasteiger partial charge in [0.05, 0.1) is 49.3 Å². The molecule has 0 radical (unpaired) electrons. The highest BCUT2D eigenvalue weighted by Gasteiger charge is 2.51. The van der Waals surface area contributed by atoms with Crippen LogP contribution in [0.1, 0.15) is 49.7 Å². The van der Waals surface area contributed by atoms with E-state index in [4.69, 9.17) is 43.6 Å². The number of ether oxygens (including phenoxy) is 5. The summed E-state index contributed by atoms with van der Waals surface area (Å²) in [7, 11) is 7.84. The SMILES string of the molecule is COC1=Cc2ccnc3c(C4(OC)C(OC)=Cc5ccnc6c(C7(OC)C(OC)=Cc8ccnc9ccnc7c89)cnc4c56)cnc(c23)C1=O. The van der Waals surface area contributed by atoms with E-state index in [1.165, 1.54) is 7.11 Å². The molecule has 0 fully saturated rings. The summed E-state index contributed by atoms with van der Waals surface area (Å²) >= 11 is 0. The first-order chi connectivity index (χ1) is 24.5. The molecule has 12 nitrogen and oxygen atoms in total. The van der Waals surface area contributed by atoms with Crippen LogP contribution in [0.5, 0.6) is 0 Å². The summed E-state index contributed by atoms with van der Waals surface area (Å²) in [5, 5.41) is 2.11. The van der Waals surface area contributed by atoms with Crippen molar-refractivity contribution in [3.05, 3.63) is 124 Å². The highest BCUT2D eigenvalue weighted by molar-refractivity contribution is 6.20. The van der Waals surface area contributed by atoms with Crippen LogP contribution in [0.3, 0.4) is 0 Å². The Hall–Kier alpha value is -6.11. The van der Waals surface area contributed by atoms with Crippen LogP contribution < -0.4 is 0 Å². The molecule has 2 atom stereocenters. The van der Waals surface area contributed by atoms with Gasteiger partial charge in [-0.05, 0) is 59.2 Å². The van der Waals surface area contributed by atoms with Gasteiger partial charge < -0.3 is 23.7 Å². The molecule has 3 aliphatic carbocycles. The van der Waals surface area contributed by atoms with Crippen LogP contribution in [0.25, 0.3) is 50.9 Å². The Labute approximate surface area is 285 Å². The number of carbonyl (C=O) groups is 1. The minimum atomic E-state index is -1.45. The molecule has 12 heteroatoms. The number of nitrogens with zero attached hydrogens (tertiary/aromatic N) is 6. The van der Waals surface area contributed by atoms with Crippen LogP contribution in [0.2, 0.25) is 0 Å². The van der Waals surface area contributed by atoms with Crippen LogP contribution in [0, 0.1) is 0 Å². The first kappa shape index (κ1) is 30.0. The van der Waals surface area contributed by atoms with E-state index < -0.39 is 11.2 Å². The van der Waals surface area contributed by atoms with Gasteiger partial charge in [0.25, 0.3) is 0 Å². The molecule has 246 valence electrons. The average molecular weight is 665 g/mol. The fraction of sp³-hybridized carbons (Fsp3) is 0.184. The molecular formula is C38H28N6O6. The number of aromatic nitrogens is 6. The number of rotatable bonds is 7. The summed E-state index contributed by atoms with van der Waals surface area (Å²) in [6, 6.07) is 7.50. The van der Waals surface area contributed by atoms with E-state index in [2.05, 4.69) is 9.97 Å². The van der Waals surface area contributed by atoms with Gasteiger partial charge in [-0.25, -0.2) is 0 Å². The number of allylic oxidation sites excluding steroid dienone is 1. The Bertz CT molecular complexity index is 2580. The van der Waals surface area contributed by atoms with Crippen molar-refractivity contribution in [3.8, 4) is 0 Å². The van der Waals surface area contributed by atoms with E-state index in [0.717, 1.165) is 27.6 Å². The maximum absolute atomic E-state index is 13.3. The van der Waals surface area contributed by atoms with Crippen molar-refractivity contribution in [3.63, 3.8) is 0 Å². The molecule has 0 saturated heterocycles. The molecule has 0 spiro atoms. The van der Waals surface area contributed by atoms with Gasteiger partial charge in [-0.15, -0.1) is 0 Å². The molecule has 50 heavy (non-hydrogen) atoms. The van der Waals surface area contributed by atoms with E-state index >= 15 is 0 Å². The van der Waals surface area contributed by atoms with E-state index in [1.807, 2.05) is 36.4 Å². The lowest BCUT2D eigenvalue weighted by atomic mass is 9.76. The number of hydrogen-bond donors (Lipinski definition) is 0. The number of pyridine rings is 6. The fourth-order valence-electron chi connectivity index (χ4n) is 7.81. The van der Waals surface area contributed by atoms with Crippen molar-refractivity contribution >= 4 is 56.7 Å². The molecule has 0 aromatic carbocycles. The van der Waals surface area contributed by atoms with Crippen molar-refractivity contribution in [2.75, 3.05) is 35.5 Å². The second kappa shape index (κ2) is 10.7. The van der Waals surface area contributed by atoms with Crippen molar-refractivity contribution in [1.82, 2.24) is 29.9 Å². The Balaban J connectivity index is 1.37. The van der Waals surface area contributed by atoms with Crippen LogP contribution in [0.4, 0.5) is 0 Å². The first-order valence-electron chi connectivity index (χ1n) is 15.7. The predicted molar refractivity (Wildman–Crippen MR) is 183 cm³/mol. The van der Waals surface area contributed by atoms with E-state index in [0.29, 0.717) is 55.8 Å². The Morgan fingerprint density at radius 3 is 1.70 bits per heavy atom. The van der Waals surface area contributed by atoms with Gasteiger partial charge in [0.15, 0.2) is 17.0 Å². The molecule has 2 unspecified atom stereocenters. The summed E-state index contributed by atoms with van der Waals surface area (Å²) in [4.78, 5) is 42.4. The van der Waals surface area contributed by atoms with Gasteiger partial charge in [0, 0.05) is 78.7 Å². The largest absolute Gasteiger partial charge is 0.497 e. The number of hydrogen-bond acceptors (Lipinski definition) is 12. The zero-order valence-corrected chi connectivity index (χ0v) is 27.6. The number of methoxy groups -OCH3 is 5. The fourth-order valence-corrected chi connectivity index (χ4v) is 7.81. The quantitative estimate of drug-likeness (QED) is 0.213. The maximum atomic E-state index is 13.3. The van der Waals surface area contributed by atoms with Crippen LogP contribution in [-0.2, 0) is 34.9 Å². The molecule has 6 heterocycles. The monoisotopic (exact) mass is 664 g/mol. The Morgan fingerprint density at radius 1 is 0.540 bits per heavy atom. The second-order valence-electron chi connectivity index (χ2n) is 12.0. The van der Waals surface area contributed by atoms with Gasteiger partial charge in [-0.2, -0.15) is 0 Å². The van der Waals surface area contributed by atoms with Gasteiger partial charge in [-0.3, -0.25) is 34.7 Å². The molecule has 9 rings (SSSR count). The third kappa shape index (κ3) is 3.58. The lowest BCUT2D eigenvalue weighted by Gasteiger charge is -2.40. The molecule has 0 bridgehead atoms. The molecule has 0 amide bonds. The molecule has 0 N–H and O–H groups in total. The van der Waals surface area contributed by atoms with Crippen LogP contribution in [-0.4, -0.2) is 71.2 Å². The van der Waals surface area contributed by atoms with Gasteiger partial charge >= 0.3 is 0 Å². The number of ketones is 1. The summed E-state index contributed by atoms with van der Waals surface area (Å²) in [6.45, 7) is 0. The van der Waals surface area contributed by atoms with Gasteiger partial charge in [-0.1, -0.05) is 0 Å². The third-order valence-corrected chi connectivity index (χ3v) is 9.97. The van der Waals surface area contributed by atoms with Crippen molar-refractivity contribution in [2.45, 2.75) is 11.2 Å². The Morgan fingerprint density at radius 2 is 1.08 bits per heavy atom. The van der Waals surface area contributed by atoms with Crippen molar-refractivity contribution in [1.29, 1.82) is 0 Å². The van der Waals surface area contributed by atoms with Crippen molar-refractivity contribution < 1.29 is 28.5 Å². The number of Topliss-reactive ketones (excluding diaryl/α,β-unsaturated/α-hetero) is 1. The Kier molecular flexibility index (Phi) is 6.41. The zero-order valence-electron chi connectivity index (χ0n) is 27.6. The normalized spacial score (nSPS) is 20.4. The molecule has 6 aromatic rings. The molecule has 3 aliphatic rings. The first-order valence-corrected chi connectivity index (χ1v) is 15.7. The molecule has 0 saturated carbocycles.